The Morgan fingerprint density at radius 1 is 1.31 bits per heavy atom. The van der Waals surface area contributed by atoms with E-state index in [9.17, 15) is 20.0 Å². The van der Waals surface area contributed by atoms with Gasteiger partial charge in [0.05, 0.1) is 18.8 Å². The number of amides is 1. The molecule has 0 saturated carbocycles. The number of azo groups is 1. The highest BCUT2D eigenvalue weighted by Gasteiger charge is 2.18. The second-order valence-corrected chi connectivity index (χ2v) is 5.39. The quantitative estimate of drug-likeness (QED) is 0.705. The van der Waals surface area contributed by atoms with Crippen LogP contribution in [-0.4, -0.2) is 27.3 Å². The monoisotopic (exact) mass is 355 g/mol. The minimum absolute atomic E-state index is 0.0984. The Balaban J connectivity index is 2.44. The fraction of sp³-hybridized carbons (Fsp3) is 0.235. The maximum Gasteiger partial charge on any atom is 0.281 e. The number of aromatic nitrogens is 1. The van der Waals surface area contributed by atoms with Crippen molar-refractivity contribution >= 4 is 23.0 Å². The number of pyridine rings is 1. The molecule has 2 rings (SSSR count). The molecule has 0 atom stereocenters. The number of carbonyl (C=O) groups excluding carboxylic acids is 1. The van der Waals surface area contributed by atoms with E-state index in [-0.39, 0.29) is 35.9 Å². The molecule has 0 spiro atoms. The zero-order chi connectivity index (χ0) is 19.3. The number of aliphatic hydroxyl groups excluding tert-OH is 1. The molecule has 134 valence electrons. The van der Waals surface area contributed by atoms with Crippen LogP contribution in [0.5, 0.6) is 5.88 Å². The van der Waals surface area contributed by atoms with Gasteiger partial charge in [-0.2, -0.15) is 10.4 Å². The van der Waals surface area contributed by atoms with E-state index in [0.717, 1.165) is 4.57 Å². The Morgan fingerprint density at radius 3 is 2.50 bits per heavy atom. The molecule has 26 heavy (non-hydrogen) atoms. The Hall–Kier alpha value is -3.51. The third kappa shape index (κ3) is 3.93. The van der Waals surface area contributed by atoms with Crippen LogP contribution in [0, 0.1) is 18.3 Å². The van der Waals surface area contributed by atoms with Gasteiger partial charge < -0.3 is 15.5 Å². The lowest BCUT2D eigenvalue weighted by Gasteiger charge is -2.11. The van der Waals surface area contributed by atoms with Crippen LogP contribution in [0.25, 0.3) is 0 Å². The Labute approximate surface area is 148 Å². The minimum Gasteiger partial charge on any atom is -0.493 e. The van der Waals surface area contributed by atoms with Crippen LogP contribution in [-0.2, 0) is 11.3 Å². The molecular formula is C17H17N5O4. The normalized spacial score (nSPS) is 10.7. The summed E-state index contributed by atoms with van der Waals surface area (Å²) in [5.74, 6) is -0.713. The molecule has 0 aliphatic carbocycles. The zero-order valence-electron chi connectivity index (χ0n) is 14.2. The molecule has 0 bridgehead atoms. The molecule has 1 amide bonds. The van der Waals surface area contributed by atoms with Gasteiger partial charge in [-0.05, 0) is 31.2 Å². The fourth-order valence-corrected chi connectivity index (χ4v) is 2.29. The molecule has 1 heterocycles. The molecular weight excluding hydrogens is 338 g/mol. The van der Waals surface area contributed by atoms with E-state index in [1.165, 1.54) is 13.8 Å². The highest BCUT2D eigenvalue weighted by molar-refractivity contribution is 5.88. The summed E-state index contributed by atoms with van der Waals surface area (Å²) in [7, 11) is 0. The van der Waals surface area contributed by atoms with Gasteiger partial charge in [0.25, 0.3) is 5.56 Å². The van der Waals surface area contributed by atoms with Gasteiger partial charge in [-0.25, -0.2) is 0 Å². The Kier molecular flexibility index (Phi) is 5.82. The van der Waals surface area contributed by atoms with E-state index in [4.69, 9.17) is 5.11 Å². The number of carbonyl (C=O) groups is 1. The van der Waals surface area contributed by atoms with Crippen LogP contribution in [0.15, 0.2) is 39.3 Å². The predicted octanol–water partition coefficient (Wildman–Crippen LogP) is 2.10. The number of benzene rings is 1. The fourth-order valence-electron chi connectivity index (χ4n) is 2.29. The SMILES string of the molecule is CC(=O)Nc1ccc(N=Nc2c(C)c(C#N)c(O)n(CCO)c2=O)cc1. The van der Waals surface area contributed by atoms with Crippen molar-refractivity contribution in [3.05, 3.63) is 45.7 Å². The van der Waals surface area contributed by atoms with Crippen molar-refractivity contribution in [2.75, 3.05) is 11.9 Å². The maximum absolute atomic E-state index is 12.4. The minimum atomic E-state index is -0.660. The first kappa shape index (κ1) is 18.8. The largest absolute Gasteiger partial charge is 0.493 e. The van der Waals surface area contributed by atoms with Crippen LogP contribution in [0.3, 0.4) is 0 Å². The first-order valence-electron chi connectivity index (χ1n) is 7.65. The number of aromatic hydroxyl groups is 1. The molecule has 1 aromatic heterocycles. The van der Waals surface area contributed by atoms with E-state index in [2.05, 4.69) is 15.5 Å². The topological polar surface area (TPSA) is 140 Å². The van der Waals surface area contributed by atoms with Gasteiger partial charge in [0.2, 0.25) is 11.8 Å². The summed E-state index contributed by atoms with van der Waals surface area (Å²) in [5, 5.41) is 38.8. The predicted molar refractivity (Wildman–Crippen MR) is 93.8 cm³/mol. The maximum atomic E-state index is 12.4. The number of anilines is 1. The van der Waals surface area contributed by atoms with Gasteiger partial charge in [0.1, 0.15) is 11.6 Å². The van der Waals surface area contributed by atoms with Crippen molar-refractivity contribution in [2.45, 2.75) is 20.4 Å². The van der Waals surface area contributed by atoms with Gasteiger partial charge in [-0.1, -0.05) is 0 Å². The van der Waals surface area contributed by atoms with Crippen molar-refractivity contribution in [1.82, 2.24) is 4.57 Å². The molecule has 0 radical (unpaired) electrons. The summed E-state index contributed by atoms with van der Waals surface area (Å²) in [4.78, 5) is 23.4. The van der Waals surface area contributed by atoms with Gasteiger partial charge in [-0.15, -0.1) is 5.11 Å². The van der Waals surface area contributed by atoms with Crippen LogP contribution in [0.4, 0.5) is 17.1 Å². The average molecular weight is 355 g/mol. The first-order chi connectivity index (χ1) is 12.4. The molecule has 1 aromatic carbocycles. The molecule has 0 aliphatic heterocycles. The zero-order valence-corrected chi connectivity index (χ0v) is 14.2. The summed E-state index contributed by atoms with van der Waals surface area (Å²) < 4.78 is 0.875. The van der Waals surface area contributed by atoms with E-state index in [1.54, 1.807) is 24.3 Å². The van der Waals surface area contributed by atoms with Crippen LogP contribution in [0.1, 0.15) is 18.1 Å². The summed E-state index contributed by atoms with van der Waals surface area (Å²) in [6.45, 7) is 2.32. The van der Waals surface area contributed by atoms with Crippen molar-refractivity contribution in [1.29, 1.82) is 5.26 Å². The number of hydrogen-bond acceptors (Lipinski definition) is 7. The second kappa shape index (κ2) is 8.04. The van der Waals surface area contributed by atoms with E-state index < -0.39 is 11.4 Å². The number of aliphatic hydroxyl groups is 1. The van der Waals surface area contributed by atoms with Crippen molar-refractivity contribution in [3.63, 3.8) is 0 Å². The highest BCUT2D eigenvalue weighted by atomic mass is 16.3. The summed E-state index contributed by atoms with van der Waals surface area (Å²) in [5.41, 5.74) is 0.355. The number of hydrogen-bond donors (Lipinski definition) is 3. The molecule has 9 heteroatoms. The van der Waals surface area contributed by atoms with Crippen molar-refractivity contribution < 1.29 is 15.0 Å². The van der Waals surface area contributed by atoms with Crippen LogP contribution < -0.4 is 10.9 Å². The average Bonchev–Trinajstić information content (AvgIpc) is 2.60. The number of nitrogens with one attached hydrogen (secondary N) is 1. The van der Waals surface area contributed by atoms with Crippen LogP contribution in [0.2, 0.25) is 0 Å². The molecule has 0 fully saturated rings. The molecule has 0 saturated heterocycles. The van der Waals surface area contributed by atoms with E-state index in [0.29, 0.717) is 11.4 Å². The highest BCUT2D eigenvalue weighted by Crippen LogP contribution is 2.27. The van der Waals surface area contributed by atoms with Gasteiger partial charge in [0, 0.05) is 18.2 Å². The Morgan fingerprint density at radius 2 is 1.96 bits per heavy atom. The van der Waals surface area contributed by atoms with Crippen LogP contribution >= 0.6 is 0 Å². The van der Waals surface area contributed by atoms with Crippen molar-refractivity contribution in [2.24, 2.45) is 10.2 Å². The third-order valence-corrected chi connectivity index (χ3v) is 3.55. The number of nitriles is 1. The van der Waals surface area contributed by atoms with Gasteiger partial charge in [0.15, 0.2) is 5.69 Å². The lowest BCUT2D eigenvalue weighted by atomic mass is 10.1. The summed E-state index contributed by atoms with van der Waals surface area (Å²) in [6, 6.07) is 8.28. The third-order valence-electron chi connectivity index (χ3n) is 3.55. The smallest absolute Gasteiger partial charge is 0.281 e. The second-order valence-electron chi connectivity index (χ2n) is 5.39. The number of nitrogens with zero attached hydrogens (tertiary/aromatic N) is 4. The standard InChI is InChI=1S/C17H17N5O4/c1-10-14(9-18)16(25)22(7-8-23)17(26)15(10)21-20-13-5-3-12(4-6-13)19-11(2)24/h3-6,23,25H,7-8H2,1-2H3,(H,19,24). The van der Waals surface area contributed by atoms with Crippen molar-refractivity contribution in [3.8, 4) is 11.9 Å². The molecule has 9 nitrogen and oxygen atoms in total. The lowest BCUT2D eigenvalue weighted by molar-refractivity contribution is -0.114. The molecule has 2 aromatic rings. The first-order valence-corrected chi connectivity index (χ1v) is 7.65. The molecule has 0 unspecified atom stereocenters. The Bertz CT molecular complexity index is 955. The summed E-state index contributed by atoms with van der Waals surface area (Å²) in [6.07, 6.45) is 0. The van der Waals surface area contributed by atoms with Gasteiger partial charge in [-0.3, -0.25) is 14.2 Å². The molecule has 3 N–H and O–H groups in total. The lowest BCUT2D eigenvalue weighted by Crippen LogP contribution is -2.23. The van der Waals surface area contributed by atoms with Gasteiger partial charge >= 0.3 is 0 Å². The van der Waals surface area contributed by atoms with E-state index in [1.807, 2.05) is 6.07 Å². The summed E-state index contributed by atoms with van der Waals surface area (Å²) >= 11 is 0. The van der Waals surface area contributed by atoms with E-state index >= 15 is 0 Å². The molecule has 0 aliphatic rings. The number of rotatable bonds is 5.